The number of carboxylic acid groups (broad SMARTS) is 1. The molecule has 142 valence electrons. The molecule has 3 aliphatic heterocycles. The molecule has 1 aromatic carbocycles. The second-order valence-electron chi connectivity index (χ2n) is 7.48. The number of hydrogen-bond donors (Lipinski definition) is 2. The van der Waals surface area contributed by atoms with Crippen molar-refractivity contribution in [3.63, 3.8) is 0 Å². The van der Waals surface area contributed by atoms with Gasteiger partial charge in [0.05, 0.1) is 0 Å². The zero-order valence-electron chi connectivity index (χ0n) is 14.8. The highest BCUT2D eigenvalue weighted by Crippen LogP contribution is 2.29. The van der Waals surface area contributed by atoms with Crippen LogP contribution < -0.4 is 5.32 Å². The summed E-state index contributed by atoms with van der Waals surface area (Å²) in [5.41, 5.74) is 2.56. The van der Waals surface area contributed by atoms with Crippen molar-refractivity contribution in [1.29, 1.82) is 0 Å². The maximum atomic E-state index is 12.7. The van der Waals surface area contributed by atoms with Crippen molar-refractivity contribution < 1.29 is 24.3 Å². The first-order chi connectivity index (χ1) is 12.9. The van der Waals surface area contributed by atoms with Crippen LogP contribution in [-0.4, -0.2) is 57.9 Å². The lowest BCUT2D eigenvalue weighted by molar-refractivity contribution is -0.136. The fraction of sp³-hybridized carbons (Fsp3) is 0.474. The number of nitrogens with zero attached hydrogens (tertiary/aromatic N) is 2. The third-order valence-corrected chi connectivity index (χ3v) is 5.67. The van der Waals surface area contributed by atoms with Gasteiger partial charge in [0.25, 0.3) is 5.91 Å². The van der Waals surface area contributed by atoms with E-state index < -0.39 is 18.0 Å². The molecular formula is C19H21N3O5. The summed E-state index contributed by atoms with van der Waals surface area (Å²) in [4.78, 5) is 50.1. The Kier molecular flexibility index (Phi) is 4.33. The van der Waals surface area contributed by atoms with Crippen molar-refractivity contribution in [3.8, 4) is 0 Å². The van der Waals surface area contributed by atoms with E-state index in [0.717, 1.165) is 24.0 Å². The van der Waals surface area contributed by atoms with E-state index in [1.165, 1.54) is 9.80 Å². The van der Waals surface area contributed by atoms with Gasteiger partial charge in [0, 0.05) is 31.6 Å². The van der Waals surface area contributed by atoms with Crippen LogP contribution in [0.25, 0.3) is 0 Å². The number of carbonyl (C=O) groups is 4. The van der Waals surface area contributed by atoms with Gasteiger partial charge in [-0.3, -0.25) is 19.7 Å². The van der Waals surface area contributed by atoms with Crippen LogP contribution in [0.5, 0.6) is 0 Å². The number of piperidine rings is 1. The van der Waals surface area contributed by atoms with Crippen LogP contribution in [0.4, 0.5) is 4.79 Å². The Morgan fingerprint density at radius 3 is 2.74 bits per heavy atom. The standard InChI is InChI=1S/C19H21N3O5/c23-16-4-3-15(17(24)20-16)22-10-13-8-11(1-2-14(13)18(22)25)7-12-5-6-21(9-12)19(26)27/h1-2,8,12,15H,3-7,9-10H2,(H,26,27)(H,20,23,24)/t12-,15?/m0/s1. The molecule has 2 N–H and O–H groups in total. The number of carbonyl (C=O) groups excluding carboxylic acids is 3. The number of imide groups is 1. The molecule has 2 atom stereocenters. The van der Waals surface area contributed by atoms with Crippen LogP contribution in [0.15, 0.2) is 18.2 Å². The number of likely N-dealkylation sites (tertiary alicyclic amines) is 1. The molecule has 4 amide bonds. The minimum Gasteiger partial charge on any atom is -0.465 e. The van der Waals surface area contributed by atoms with Crippen molar-refractivity contribution in [2.24, 2.45) is 5.92 Å². The second-order valence-corrected chi connectivity index (χ2v) is 7.48. The van der Waals surface area contributed by atoms with E-state index in [0.29, 0.717) is 31.6 Å². The number of nitrogens with one attached hydrogen (secondary N) is 1. The maximum absolute atomic E-state index is 12.7. The van der Waals surface area contributed by atoms with Crippen molar-refractivity contribution in [3.05, 3.63) is 34.9 Å². The Balaban J connectivity index is 1.46. The second kappa shape index (κ2) is 6.68. The quantitative estimate of drug-likeness (QED) is 0.771. The number of fused-ring (bicyclic) bond motifs is 1. The van der Waals surface area contributed by atoms with Crippen LogP contribution in [0.2, 0.25) is 0 Å². The third kappa shape index (κ3) is 3.27. The molecule has 0 aliphatic carbocycles. The Hall–Kier alpha value is -2.90. The number of benzene rings is 1. The van der Waals surface area contributed by atoms with Crippen molar-refractivity contribution in [1.82, 2.24) is 15.1 Å². The molecule has 8 nitrogen and oxygen atoms in total. The lowest BCUT2D eigenvalue weighted by Crippen LogP contribution is -2.52. The summed E-state index contributed by atoms with van der Waals surface area (Å²) in [6.45, 7) is 1.46. The summed E-state index contributed by atoms with van der Waals surface area (Å²) in [6, 6.07) is 5.09. The zero-order chi connectivity index (χ0) is 19.1. The van der Waals surface area contributed by atoms with Crippen LogP contribution >= 0.6 is 0 Å². The highest BCUT2D eigenvalue weighted by atomic mass is 16.4. The Morgan fingerprint density at radius 1 is 1.22 bits per heavy atom. The molecule has 1 aromatic rings. The summed E-state index contributed by atoms with van der Waals surface area (Å²) in [6.07, 6.45) is 1.32. The lowest BCUT2D eigenvalue weighted by Gasteiger charge is -2.29. The molecule has 2 fully saturated rings. The van der Waals surface area contributed by atoms with E-state index in [4.69, 9.17) is 5.11 Å². The van der Waals surface area contributed by atoms with Gasteiger partial charge in [0.1, 0.15) is 6.04 Å². The molecule has 0 bridgehead atoms. The fourth-order valence-corrected chi connectivity index (χ4v) is 4.26. The van der Waals surface area contributed by atoms with Crippen molar-refractivity contribution >= 4 is 23.8 Å². The Morgan fingerprint density at radius 2 is 2.04 bits per heavy atom. The first-order valence-corrected chi connectivity index (χ1v) is 9.16. The van der Waals surface area contributed by atoms with E-state index in [2.05, 4.69) is 5.32 Å². The van der Waals surface area contributed by atoms with Crippen LogP contribution in [-0.2, 0) is 22.6 Å². The van der Waals surface area contributed by atoms with Crippen LogP contribution in [0.3, 0.4) is 0 Å². The first kappa shape index (κ1) is 17.5. The molecule has 4 rings (SSSR count). The normalized spacial score (nSPS) is 25.0. The molecule has 0 radical (unpaired) electrons. The van der Waals surface area contributed by atoms with E-state index in [1.807, 2.05) is 12.1 Å². The Bertz CT molecular complexity index is 837. The van der Waals surface area contributed by atoms with Crippen molar-refractivity contribution in [2.75, 3.05) is 13.1 Å². The molecule has 2 saturated heterocycles. The monoisotopic (exact) mass is 371 g/mol. The summed E-state index contributed by atoms with van der Waals surface area (Å²) in [5.74, 6) is -0.603. The van der Waals surface area contributed by atoms with Gasteiger partial charge in [-0.25, -0.2) is 4.79 Å². The van der Waals surface area contributed by atoms with Gasteiger partial charge in [0.2, 0.25) is 11.8 Å². The van der Waals surface area contributed by atoms with Crippen molar-refractivity contribution in [2.45, 2.75) is 38.3 Å². The summed E-state index contributed by atoms with van der Waals surface area (Å²) in [5, 5.41) is 11.4. The van der Waals surface area contributed by atoms with Crippen LogP contribution in [0, 0.1) is 5.92 Å². The molecule has 0 saturated carbocycles. The minimum atomic E-state index is -0.878. The van der Waals surface area contributed by atoms with Crippen LogP contribution in [0.1, 0.15) is 40.7 Å². The predicted octanol–water partition coefficient (Wildman–Crippen LogP) is 0.990. The highest BCUT2D eigenvalue weighted by molar-refractivity contribution is 6.05. The third-order valence-electron chi connectivity index (χ3n) is 5.67. The zero-order valence-corrected chi connectivity index (χ0v) is 14.8. The van der Waals surface area contributed by atoms with Gasteiger partial charge in [0.15, 0.2) is 0 Å². The van der Waals surface area contributed by atoms with Gasteiger partial charge in [-0.05, 0) is 42.4 Å². The molecule has 3 aliphatic rings. The molecular weight excluding hydrogens is 350 g/mol. The highest BCUT2D eigenvalue weighted by Gasteiger charge is 2.39. The SMILES string of the molecule is O=C1CCC(N2Cc3cc(C[C@@H]4CCN(C(=O)O)C4)ccc3C2=O)C(=O)N1. The van der Waals surface area contributed by atoms with Gasteiger partial charge < -0.3 is 14.9 Å². The largest absolute Gasteiger partial charge is 0.465 e. The average molecular weight is 371 g/mol. The minimum absolute atomic E-state index is 0.177. The van der Waals surface area contributed by atoms with E-state index in [-0.39, 0.29) is 24.2 Å². The summed E-state index contributed by atoms with van der Waals surface area (Å²) >= 11 is 0. The van der Waals surface area contributed by atoms with Gasteiger partial charge >= 0.3 is 6.09 Å². The molecule has 8 heteroatoms. The molecule has 27 heavy (non-hydrogen) atoms. The number of hydrogen-bond acceptors (Lipinski definition) is 4. The smallest absolute Gasteiger partial charge is 0.407 e. The lowest BCUT2D eigenvalue weighted by atomic mass is 9.96. The molecule has 1 unspecified atom stereocenters. The topological polar surface area (TPSA) is 107 Å². The van der Waals surface area contributed by atoms with E-state index in [1.54, 1.807) is 6.07 Å². The summed E-state index contributed by atoms with van der Waals surface area (Å²) < 4.78 is 0. The number of amides is 4. The van der Waals surface area contributed by atoms with Gasteiger partial charge in [-0.15, -0.1) is 0 Å². The van der Waals surface area contributed by atoms with Gasteiger partial charge in [-0.2, -0.15) is 0 Å². The Labute approximate surface area is 156 Å². The predicted molar refractivity (Wildman–Crippen MR) is 93.9 cm³/mol. The molecule has 0 spiro atoms. The van der Waals surface area contributed by atoms with E-state index >= 15 is 0 Å². The number of rotatable bonds is 3. The average Bonchev–Trinajstić information content (AvgIpc) is 3.20. The first-order valence-electron chi connectivity index (χ1n) is 9.16. The maximum Gasteiger partial charge on any atom is 0.407 e. The summed E-state index contributed by atoms with van der Waals surface area (Å²) in [7, 11) is 0. The van der Waals surface area contributed by atoms with E-state index in [9.17, 15) is 19.2 Å². The van der Waals surface area contributed by atoms with Gasteiger partial charge in [-0.1, -0.05) is 12.1 Å². The molecule has 3 heterocycles. The molecule has 0 aromatic heterocycles. The fourth-order valence-electron chi connectivity index (χ4n) is 4.26.